The molecule has 1 amide bonds. The molecule has 0 fully saturated rings. The Morgan fingerprint density at radius 3 is 2.17 bits per heavy atom. The molecule has 0 bridgehead atoms. The fourth-order valence-electron chi connectivity index (χ4n) is 3.19. The SMILES string of the molecule is CCC(=C(C(=O)Nc1ccc(O)cc1)c1ccc(OCOC)cc1)c1ccccc1. The second kappa shape index (κ2) is 10.3. The van der Waals surface area contributed by atoms with Crippen LogP contribution in [0.5, 0.6) is 11.5 Å². The Hall–Kier alpha value is -3.57. The summed E-state index contributed by atoms with van der Waals surface area (Å²) in [6.45, 7) is 2.19. The van der Waals surface area contributed by atoms with E-state index in [1.54, 1.807) is 31.4 Å². The predicted molar refractivity (Wildman–Crippen MR) is 119 cm³/mol. The highest BCUT2D eigenvalue weighted by Crippen LogP contribution is 2.31. The molecular formula is C25H25NO4. The summed E-state index contributed by atoms with van der Waals surface area (Å²) in [6.07, 6.45) is 0.685. The van der Waals surface area contributed by atoms with Crippen LogP contribution in [0.1, 0.15) is 24.5 Å². The van der Waals surface area contributed by atoms with Crippen LogP contribution in [0, 0.1) is 0 Å². The molecule has 5 heteroatoms. The Kier molecular flexibility index (Phi) is 7.24. The van der Waals surface area contributed by atoms with Gasteiger partial charge in [-0.1, -0.05) is 49.4 Å². The summed E-state index contributed by atoms with van der Waals surface area (Å²) in [4.78, 5) is 13.3. The maximum Gasteiger partial charge on any atom is 0.256 e. The van der Waals surface area contributed by atoms with Gasteiger partial charge in [-0.2, -0.15) is 0 Å². The summed E-state index contributed by atoms with van der Waals surface area (Å²) in [5.41, 5.74) is 3.93. The Morgan fingerprint density at radius 1 is 0.900 bits per heavy atom. The second-order valence-electron chi connectivity index (χ2n) is 6.65. The molecule has 0 radical (unpaired) electrons. The number of phenols is 1. The van der Waals surface area contributed by atoms with E-state index < -0.39 is 0 Å². The van der Waals surface area contributed by atoms with E-state index in [0.29, 0.717) is 23.4 Å². The number of ether oxygens (including phenoxy) is 2. The molecule has 3 aromatic carbocycles. The minimum absolute atomic E-state index is 0.147. The number of aromatic hydroxyl groups is 1. The Balaban J connectivity index is 2.02. The lowest BCUT2D eigenvalue weighted by atomic mass is 9.92. The standard InChI is InChI=1S/C25H25NO4/c1-3-23(18-7-5-4-6-8-18)24(19-9-15-22(16-10-19)30-17-29-2)25(28)26-20-11-13-21(27)14-12-20/h4-16,27H,3,17H2,1-2H3,(H,26,28). The number of allylic oxidation sites excluding steroid dienone is 1. The molecule has 3 aromatic rings. The van der Waals surface area contributed by atoms with E-state index in [9.17, 15) is 9.90 Å². The molecule has 0 heterocycles. The van der Waals surface area contributed by atoms with E-state index >= 15 is 0 Å². The summed E-state index contributed by atoms with van der Waals surface area (Å²) < 4.78 is 10.4. The van der Waals surface area contributed by atoms with Crippen LogP contribution in [-0.4, -0.2) is 24.9 Å². The quantitative estimate of drug-likeness (QED) is 0.231. The van der Waals surface area contributed by atoms with Crippen molar-refractivity contribution in [1.29, 1.82) is 0 Å². The second-order valence-corrected chi connectivity index (χ2v) is 6.65. The molecule has 30 heavy (non-hydrogen) atoms. The number of methoxy groups -OCH3 is 1. The van der Waals surface area contributed by atoms with Crippen LogP contribution in [0.2, 0.25) is 0 Å². The van der Waals surface area contributed by atoms with Crippen LogP contribution in [-0.2, 0) is 9.53 Å². The highest BCUT2D eigenvalue weighted by Gasteiger charge is 2.18. The first-order chi connectivity index (χ1) is 14.6. The van der Waals surface area contributed by atoms with Crippen LogP contribution in [0.25, 0.3) is 11.1 Å². The smallest absolute Gasteiger partial charge is 0.256 e. The van der Waals surface area contributed by atoms with Crippen molar-refractivity contribution in [3.05, 3.63) is 90.0 Å². The van der Waals surface area contributed by atoms with E-state index in [4.69, 9.17) is 9.47 Å². The first-order valence-electron chi connectivity index (χ1n) is 9.73. The topological polar surface area (TPSA) is 67.8 Å². The average Bonchev–Trinajstić information content (AvgIpc) is 2.78. The van der Waals surface area contributed by atoms with E-state index in [2.05, 4.69) is 5.32 Å². The highest BCUT2D eigenvalue weighted by atomic mass is 16.7. The molecule has 0 spiro atoms. The van der Waals surface area contributed by atoms with Gasteiger partial charge in [-0.15, -0.1) is 0 Å². The molecule has 0 aliphatic carbocycles. The monoisotopic (exact) mass is 403 g/mol. The number of carbonyl (C=O) groups is 1. The molecule has 0 atom stereocenters. The number of nitrogens with one attached hydrogen (secondary N) is 1. The lowest BCUT2D eigenvalue weighted by Gasteiger charge is -2.16. The van der Waals surface area contributed by atoms with Gasteiger partial charge in [0.25, 0.3) is 5.91 Å². The third-order valence-electron chi connectivity index (χ3n) is 4.62. The van der Waals surface area contributed by atoms with Crippen LogP contribution in [0.15, 0.2) is 78.9 Å². The van der Waals surface area contributed by atoms with E-state index in [1.807, 2.05) is 61.5 Å². The molecule has 154 valence electrons. The third-order valence-corrected chi connectivity index (χ3v) is 4.62. The fraction of sp³-hybridized carbons (Fsp3) is 0.160. The summed E-state index contributed by atoms with van der Waals surface area (Å²) in [5.74, 6) is 0.595. The number of anilines is 1. The summed E-state index contributed by atoms with van der Waals surface area (Å²) in [6, 6.07) is 23.7. The summed E-state index contributed by atoms with van der Waals surface area (Å²) in [5, 5.41) is 12.4. The zero-order chi connectivity index (χ0) is 21.3. The van der Waals surface area contributed by atoms with Gasteiger partial charge in [0.1, 0.15) is 11.5 Å². The van der Waals surface area contributed by atoms with Crippen LogP contribution < -0.4 is 10.1 Å². The van der Waals surface area contributed by atoms with Crippen molar-refractivity contribution in [2.24, 2.45) is 0 Å². The van der Waals surface area contributed by atoms with E-state index in [-0.39, 0.29) is 18.4 Å². The summed E-state index contributed by atoms with van der Waals surface area (Å²) >= 11 is 0. The van der Waals surface area contributed by atoms with Gasteiger partial charge in [0.05, 0.1) is 5.57 Å². The van der Waals surface area contributed by atoms with Crippen molar-refractivity contribution in [3.8, 4) is 11.5 Å². The minimum Gasteiger partial charge on any atom is -0.508 e. The molecule has 0 aliphatic heterocycles. The number of amides is 1. The van der Waals surface area contributed by atoms with Gasteiger partial charge in [0.2, 0.25) is 0 Å². The number of phenolic OH excluding ortho intramolecular Hbond substituents is 1. The molecule has 3 rings (SSSR count). The van der Waals surface area contributed by atoms with E-state index in [0.717, 1.165) is 16.7 Å². The van der Waals surface area contributed by atoms with Crippen LogP contribution in [0.4, 0.5) is 5.69 Å². The van der Waals surface area contributed by atoms with Crippen molar-refractivity contribution in [1.82, 2.24) is 0 Å². The van der Waals surface area contributed by atoms with Crippen molar-refractivity contribution in [2.45, 2.75) is 13.3 Å². The number of benzene rings is 3. The fourth-order valence-corrected chi connectivity index (χ4v) is 3.19. The molecule has 0 saturated carbocycles. The molecule has 5 nitrogen and oxygen atoms in total. The van der Waals surface area contributed by atoms with Crippen molar-refractivity contribution in [3.63, 3.8) is 0 Å². The van der Waals surface area contributed by atoms with Gasteiger partial charge < -0.3 is 19.9 Å². The lowest BCUT2D eigenvalue weighted by Crippen LogP contribution is -2.15. The number of rotatable bonds is 8. The van der Waals surface area contributed by atoms with Gasteiger partial charge in [0.15, 0.2) is 6.79 Å². The Labute approximate surface area is 176 Å². The van der Waals surface area contributed by atoms with Gasteiger partial charge >= 0.3 is 0 Å². The molecule has 0 unspecified atom stereocenters. The summed E-state index contributed by atoms with van der Waals surface area (Å²) in [7, 11) is 1.57. The Morgan fingerprint density at radius 2 is 1.57 bits per heavy atom. The average molecular weight is 403 g/mol. The lowest BCUT2D eigenvalue weighted by molar-refractivity contribution is -0.111. The number of hydrogen-bond acceptors (Lipinski definition) is 4. The molecule has 0 saturated heterocycles. The zero-order valence-electron chi connectivity index (χ0n) is 17.1. The largest absolute Gasteiger partial charge is 0.508 e. The normalized spacial score (nSPS) is 11.5. The van der Waals surface area contributed by atoms with Crippen LogP contribution >= 0.6 is 0 Å². The van der Waals surface area contributed by atoms with Gasteiger partial charge in [0, 0.05) is 12.8 Å². The van der Waals surface area contributed by atoms with Crippen molar-refractivity contribution in [2.75, 3.05) is 19.2 Å². The third kappa shape index (κ3) is 5.27. The maximum atomic E-state index is 13.3. The maximum absolute atomic E-state index is 13.3. The zero-order valence-corrected chi connectivity index (χ0v) is 17.1. The highest BCUT2D eigenvalue weighted by molar-refractivity contribution is 6.31. The van der Waals surface area contributed by atoms with Crippen molar-refractivity contribution < 1.29 is 19.4 Å². The van der Waals surface area contributed by atoms with Crippen molar-refractivity contribution >= 4 is 22.7 Å². The molecular weight excluding hydrogens is 378 g/mol. The molecule has 2 N–H and O–H groups in total. The molecule has 0 aliphatic rings. The predicted octanol–water partition coefficient (Wildman–Crippen LogP) is 5.33. The number of hydrogen-bond donors (Lipinski definition) is 2. The minimum atomic E-state index is -0.216. The first-order valence-corrected chi connectivity index (χ1v) is 9.73. The van der Waals surface area contributed by atoms with Gasteiger partial charge in [-0.05, 0) is 59.5 Å². The van der Waals surface area contributed by atoms with E-state index in [1.165, 1.54) is 0 Å². The Bertz CT molecular complexity index is 994. The van der Waals surface area contributed by atoms with Gasteiger partial charge in [-0.25, -0.2) is 0 Å². The molecule has 0 aromatic heterocycles. The van der Waals surface area contributed by atoms with Crippen LogP contribution in [0.3, 0.4) is 0 Å². The number of carbonyl (C=O) groups excluding carboxylic acids is 1. The first kappa shape index (κ1) is 21.1. The van der Waals surface area contributed by atoms with Gasteiger partial charge in [-0.3, -0.25) is 4.79 Å².